The number of ether oxygens (including phenoxy) is 1. The first kappa shape index (κ1) is 11.5. The maximum absolute atomic E-state index is 5.07. The summed E-state index contributed by atoms with van der Waals surface area (Å²) in [6.07, 6.45) is 8.08. The molecule has 0 aromatic carbocycles. The van der Waals surface area contributed by atoms with Crippen molar-refractivity contribution in [1.29, 1.82) is 0 Å². The molecule has 1 atom stereocenters. The van der Waals surface area contributed by atoms with Crippen molar-refractivity contribution in [3.8, 4) is 0 Å². The molecule has 1 unspecified atom stereocenters. The van der Waals surface area contributed by atoms with Crippen molar-refractivity contribution in [2.45, 2.75) is 46.0 Å². The predicted molar refractivity (Wildman–Crippen MR) is 54.1 cm³/mol. The van der Waals surface area contributed by atoms with Gasteiger partial charge in [-0.2, -0.15) is 0 Å². The topological polar surface area (TPSA) is 9.23 Å². The van der Waals surface area contributed by atoms with Crippen molar-refractivity contribution in [2.24, 2.45) is 5.92 Å². The highest BCUT2D eigenvalue weighted by molar-refractivity contribution is 4.55. The fourth-order valence-electron chi connectivity index (χ4n) is 1.24. The second kappa shape index (κ2) is 8.63. The third-order valence-corrected chi connectivity index (χ3v) is 2.15. The zero-order valence-corrected chi connectivity index (χ0v) is 8.51. The van der Waals surface area contributed by atoms with Gasteiger partial charge in [-0.05, 0) is 12.3 Å². The highest BCUT2D eigenvalue weighted by atomic mass is 16.5. The fraction of sp³-hybridized carbons (Fsp3) is 0.818. The van der Waals surface area contributed by atoms with Gasteiger partial charge < -0.3 is 4.74 Å². The third kappa shape index (κ3) is 7.64. The van der Waals surface area contributed by atoms with E-state index in [1.165, 1.54) is 31.9 Å². The normalized spacial score (nSPS) is 12.5. The van der Waals surface area contributed by atoms with Crippen LogP contribution in [-0.4, -0.2) is 6.61 Å². The van der Waals surface area contributed by atoms with Crippen LogP contribution in [0.15, 0.2) is 12.8 Å². The molecule has 12 heavy (non-hydrogen) atoms. The lowest BCUT2D eigenvalue weighted by atomic mass is 10.0. The van der Waals surface area contributed by atoms with Crippen molar-refractivity contribution in [1.82, 2.24) is 0 Å². The molecule has 0 amide bonds. The van der Waals surface area contributed by atoms with Gasteiger partial charge in [0.05, 0.1) is 12.9 Å². The fourth-order valence-corrected chi connectivity index (χ4v) is 1.24. The summed E-state index contributed by atoms with van der Waals surface area (Å²) in [5.41, 5.74) is 0. The Morgan fingerprint density at radius 3 is 2.67 bits per heavy atom. The number of rotatable bonds is 8. The van der Waals surface area contributed by atoms with Crippen molar-refractivity contribution >= 4 is 0 Å². The van der Waals surface area contributed by atoms with Gasteiger partial charge in [-0.25, -0.2) is 0 Å². The maximum Gasteiger partial charge on any atom is 0.0875 e. The average Bonchev–Trinajstić information content (AvgIpc) is 2.06. The van der Waals surface area contributed by atoms with Crippen LogP contribution >= 0.6 is 0 Å². The Kier molecular flexibility index (Phi) is 8.30. The average molecular weight is 170 g/mol. The van der Waals surface area contributed by atoms with Crippen molar-refractivity contribution in [3.63, 3.8) is 0 Å². The Balaban J connectivity index is 3.09. The first-order valence-corrected chi connectivity index (χ1v) is 5.03. The summed E-state index contributed by atoms with van der Waals surface area (Å²) in [6.45, 7) is 8.88. The summed E-state index contributed by atoms with van der Waals surface area (Å²) in [4.78, 5) is 0. The van der Waals surface area contributed by atoms with Crippen LogP contribution in [0.1, 0.15) is 46.0 Å². The van der Waals surface area contributed by atoms with Gasteiger partial charge in [0.1, 0.15) is 0 Å². The second-order valence-electron chi connectivity index (χ2n) is 3.43. The summed E-state index contributed by atoms with van der Waals surface area (Å²) in [6, 6.07) is 0. The molecule has 0 spiro atoms. The van der Waals surface area contributed by atoms with Crippen LogP contribution in [0.25, 0.3) is 0 Å². The summed E-state index contributed by atoms with van der Waals surface area (Å²) < 4.78 is 5.07. The lowest BCUT2D eigenvalue weighted by Gasteiger charge is -2.09. The van der Waals surface area contributed by atoms with Crippen LogP contribution in [-0.2, 0) is 4.74 Å². The number of hydrogen-bond acceptors (Lipinski definition) is 1. The van der Waals surface area contributed by atoms with E-state index in [2.05, 4.69) is 20.4 Å². The lowest BCUT2D eigenvalue weighted by Crippen LogP contribution is -1.99. The van der Waals surface area contributed by atoms with Gasteiger partial charge in [0.15, 0.2) is 0 Å². The molecule has 0 fully saturated rings. The van der Waals surface area contributed by atoms with E-state index in [4.69, 9.17) is 4.74 Å². The Morgan fingerprint density at radius 2 is 2.08 bits per heavy atom. The second-order valence-corrected chi connectivity index (χ2v) is 3.43. The van der Waals surface area contributed by atoms with E-state index in [1.807, 2.05) is 0 Å². The highest BCUT2D eigenvalue weighted by Gasteiger charge is 2.00. The SMILES string of the molecule is C=COCCC(C)CCCCC. The van der Waals surface area contributed by atoms with Gasteiger partial charge in [0, 0.05) is 0 Å². The molecular weight excluding hydrogens is 148 g/mol. The van der Waals surface area contributed by atoms with E-state index in [0.717, 1.165) is 18.9 Å². The minimum Gasteiger partial charge on any atom is -0.502 e. The largest absolute Gasteiger partial charge is 0.502 e. The first-order valence-electron chi connectivity index (χ1n) is 5.03. The molecule has 0 saturated heterocycles. The molecule has 1 heteroatoms. The molecular formula is C11H22O. The van der Waals surface area contributed by atoms with E-state index in [9.17, 15) is 0 Å². The summed E-state index contributed by atoms with van der Waals surface area (Å²) in [5.74, 6) is 0.802. The number of hydrogen-bond donors (Lipinski definition) is 0. The molecule has 0 saturated carbocycles. The Hall–Kier alpha value is -0.460. The van der Waals surface area contributed by atoms with Crippen molar-refractivity contribution in [2.75, 3.05) is 6.61 Å². The third-order valence-electron chi connectivity index (χ3n) is 2.15. The summed E-state index contributed by atoms with van der Waals surface area (Å²) >= 11 is 0. The Morgan fingerprint density at radius 1 is 1.33 bits per heavy atom. The molecule has 0 aliphatic heterocycles. The standard InChI is InChI=1S/C11H22O/c1-4-6-7-8-11(3)9-10-12-5-2/h5,11H,2,4,6-10H2,1,3H3. The lowest BCUT2D eigenvalue weighted by molar-refractivity contribution is 0.222. The molecule has 0 rings (SSSR count). The van der Waals surface area contributed by atoms with Gasteiger partial charge in [0.2, 0.25) is 0 Å². The summed E-state index contributed by atoms with van der Waals surface area (Å²) in [5, 5.41) is 0. The van der Waals surface area contributed by atoms with E-state index in [0.29, 0.717) is 0 Å². The van der Waals surface area contributed by atoms with E-state index >= 15 is 0 Å². The molecule has 0 heterocycles. The van der Waals surface area contributed by atoms with Crippen LogP contribution in [0, 0.1) is 5.92 Å². The van der Waals surface area contributed by atoms with Crippen LogP contribution in [0.5, 0.6) is 0 Å². The molecule has 0 aliphatic carbocycles. The van der Waals surface area contributed by atoms with Gasteiger partial charge >= 0.3 is 0 Å². The van der Waals surface area contributed by atoms with Crippen LogP contribution in [0.4, 0.5) is 0 Å². The zero-order valence-electron chi connectivity index (χ0n) is 8.51. The molecule has 0 bridgehead atoms. The van der Waals surface area contributed by atoms with Gasteiger partial charge in [-0.1, -0.05) is 46.1 Å². The molecule has 0 aromatic rings. The molecule has 1 nitrogen and oxygen atoms in total. The van der Waals surface area contributed by atoms with E-state index < -0.39 is 0 Å². The Bertz CT molecular complexity index is 99.2. The summed E-state index contributed by atoms with van der Waals surface area (Å²) in [7, 11) is 0. The minimum absolute atomic E-state index is 0.802. The molecule has 0 aliphatic rings. The van der Waals surface area contributed by atoms with E-state index in [1.54, 1.807) is 0 Å². The smallest absolute Gasteiger partial charge is 0.0875 e. The minimum atomic E-state index is 0.802. The molecule has 72 valence electrons. The molecule has 0 radical (unpaired) electrons. The predicted octanol–water partition coefficient (Wildman–Crippen LogP) is 3.75. The van der Waals surface area contributed by atoms with Gasteiger partial charge in [-0.3, -0.25) is 0 Å². The van der Waals surface area contributed by atoms with Crippen LogP contribution in [0.3, 0.4) is 0 Å². The zero-order chi connectivity index (χ0) is 9.23. The van der Waals surface area contributed by atoms with Crippen molar-refractivity contribution < 1.29 is 4.74 Å². The first-order chi connectivity index (χ1) is 5.81. The highest BCUT2D eigenvalue weighted by Crippen LogP contribution is 2.12. The quantitative estimate of drug-likeness (QED) is 0.398. The monoisotopic (exact) mass is 170 g/mol. The van der Waals surface area contributed by atoms with Crippen molar-refractivity contribution in [3.05, 3.63) is 12.8 Å². The van der Waals surface area contributed by atoms with Crippen LogP contribution < -0.4 is 0 Å². The van der Waals surface area contributed by atoms with Gasteiger partial charge in [-0.15, -0.1) is 0 Å². The Labute approximate surface area is 76.8 Å². The van der Waals surface area contributed by atoms with Gasteiger partial charge in [0.25, 0.3) is 0 Å². The molecule has 0 N–H and O–H groups in total. The molecule has 0 aromatic heterocycles. The maximum atomic E-state index is 5.07. The van der Waals surface area contributed by atoms with E-state index in [-0.39, 0.29) is 0 Å². The number of unbranched alkanes of at least 4 members (excludes halogenated alkanes) is 2. The van der Waals surface area contributed by atoms with Crippen LogP contribution in [0.2, 0.25) is 0 Å².